The zero-order valence-electron chi connectivity index (χ0n) is 21.3. The van der Waals surface area contributed by atoms with Gasteiger partial charge in [-0.25, -0.2) is 22.9 Å². The zero-order chi connectivity index (χ0) is 27.2. The van der Waals surface area contributed by atoms with Crippen molar-refractivity contribution in [2.45, 2.75) is 45.6 Å². The van der Waals surface area contributed by atoms with Crippen LogP contribution in [0.15, 0.2) is 34.9 Å². The van der Waals surface area contributed by atoms with Crippen LogP contribution in [0.5, 0.6) is 0 Å². The van der Waals surface area contributed by atoms with Gasteiger partial charge in [0.2, 0.25) is 10.0 Å². The fourth-order valence-electron chi connectivity index (χ4n) is 4.55. The quantitative estimate of drug-likeness (QED) is 0.323. The van der Waals surface area contributed by atoms with Gasteiger partial charge in [-0.15, -0.1) is 0 Å². The number of aliphatic carboxylic acids is 1. The number of carbonyl (C=O) groups is 3. The van der Waals surface area contributed by atoms with Crippen molar-refractivity contribution in [3.63, 3.8) is 0 Å². The Morgan fingerprint density at radius 2 is 1.95 bits per heavy atom. The summed E-state index contributed by atoms with van der Waals surface area (Å²) in [7, 11) is -3.27. The first-order valence-electron chi connectivity index (χ1n) is 12.4. The van der Waals surface area contributed by atoms with Crippen molar-refractivity contribution in [3.8, 4) is 0 Å². The van der Waals surface area contributed by atoms with Gasteiger partial charge in [0, 0.05) is 25.3 Å². The lowest BCUT2D eigenvalue weighted by Crippen LogP contribution is -2.39. The van der Waals surface area contributed by atoms with Crippen LogP contribution in [-0.2, 0) is 29.1 Å². The van der Waals surface area contributed by atoms with Crippen molar-refractivity contribution in [1.29, 1.82) is 0 Å². The smallest absolute Gasteiger partial charge is 0.359 e. The summed E-state index contributed by atoms with van der Waals surface area (Å²) in [6, 6.07) is 6.91. The Kier molecular flexibility index (Phi) is 9.44. The lowest BCUT2D eigenvalue weighted by Gasteiger charge is -2.31. The molecule has 2 unspecified atom stereocenters. The van der Waals surface area contributed by atoms with Crippen molar-refractivity contribution in [3.05, 3.63) is 35.4 Å². The van der Waals surface area contributed by atoms with Gasteiger partial charge in [-0.05, 0) is 56.9 Å². The number of hydrogen-bond acceptors (Lipinski definition) is 8. The van der Waals surface area contributed by atoms with E-state index in [-0.39, 0.29) is 30.9 Å². The second kappa shape index (κ2) is 12.3. The molecule has 1 aliphatic heterocycles. The molecule has 11 nitrogen and oxygen atoms in total. The molecule has 1 fully saturated rings. The summed E-state index contributed by atoms with van der Waals surface area (Å²) in [5.74, 6) is -2.61. The van der Waals surface area contributed by atoms with Gasteiger partial charge in [-0.1, -0.05) is 18.6 Å². The van der Waals surface area contributed by atoms with Gasteiger partial charge in [0.05, 0.1) is 30.4 Å². The second-order valence-electron chi connectivity index (χ2n) is 9.07. The van der Waals surface area contributed by atoms with E-state index in [1.165, 1.54) is 5.01 Å². The predicted molar refractivity (Wildman–Crippen MR) is 139 cm³/mol. The number of carboxylic acid groups (broad SMARTS) is 1. The molecule has 1 amide bonds. The SMILES string of the molecule is CCOC(=O)C1=NN(C2CCCC(C(=O)O)C2)C(=O)/C1=C\c1ccc(N(CC)CCNS(C)(=O)=O)cc1. The van der Waals surface area contributed by atoms with Gasteiger partial charge < -0.3 is 14.7 Å². The molecule has 2 aliphatic rings. The molecule has 2 atom stereocenters. The first-order chi connectivity index (χ1) is 17.5. The van der Waals surface area contributed by atoms with Crippen LogP contribution in [0, 0.1) is 5.92 Å². The van der Waals surface area contributed by atoms with Gasteiger partial charge >= 0.3 is 11.9 Å². The molecular formula is C25H34N4O7S. The molecule has 1 heterocycles. The monoisotopic (exact) mass is 534 g/mol. The highest BCUT2D eigenvalue weighted by Gasteiger charge is 2.41. The molecule has 1 aromatic carbocycles. The van der Waals surface area contributed by atoms with Crippen LogP contribution >= 0.6 is 0 Å². The number of likely N-dealkylation sites (N-methyl/N-ethyl adjacent to an activating group) is 1. The van der Waals surface area contributed by atoms with Crippen molar-refractivity contribution >= 4 is 45.3 Å². The Morgan fingerprint density at radius 3 is 2.54 bits per heavy atom. The Labute approximate surface area is 217 Å². The molecular weight excluding hydrogens is 500 g/mol. The van der Waals surface area contributed by atoms with Gasteiger partial charge in [-0.2, -0.15) is 5.10 Å². The van der Waals surface area contributed by atoms with Gasteiger partial charge in [0.1, 0.15) is 0 Å². The Hall–Kier alpha value is -3.25. The van der Waals surface area contributed by atoms with Crippen LogP contribution in [-0.4, -0.2) is 80.6 Å². The molecule has 2 N–H and O–H groups in total. The number of esters is 1. The molecule has 1 aliphatic carbocycles. The van der Waals surface area contributed by atoms with Crippen molar-refractivity contribution in [2.24, 2.45) is 11.0 Å². The molecule has 37 heavy (non-hydrogen) atoms. The third kappa shape index (κ3) is 7.39. The molecule has 12 heteroatoms. The summed E-state index contributed by atoms with van der Waals surface area (Å²) in [6.45, 7) is 5.17. The fraction of sp³-hybridized carbons (Fsp3) is 0.520. The molecule has 0 saturated heterocycles. The number of anilines is 1. The minimum atomic E-state index is -3.27. The van der Waals surface area contributed by atoms with Gasteiger partial charge in [-0.3, -0.25) is 9.59 Å². The highest BCUT2D eigenvalue weighted by atomic mass is 32.2. The normalized spacial score (nSPS) is 21.2. The average Bonchev–Trinajstić information content (AvgIpc) is 3.18. The lowest BCUT2D eigenvalue weighted by molar-refractivity contribution is -0.144. The number of nitrogens with one attached hydrogen (secondary N) is 1. The summed E-state index contributed by atoms with van der Waals surface area (Å²) in [5, 5.41) is 15.0. The summed E-state index contributed by atoms with van der Waals surface area (Å²) < 4.78 is 30.2. The lowest BCUT2D eigenvalue weighted by atomic mass is 9.85. The molecule has 202 valence electrons. The van der Waals surface area contributed by atoms with Gasteiger partial charge in [0.15, 0.2) is 5.71 Å². The van der Waals surface area contributed by atoms with Crippen LogP contribution in [0.1, 0.15) is 45.1 Å². The molecule has 0 spiro atoms. The standard InChI is InChI=1S/C25H34N4O7S/c1-4-28(14-13-26-37(3,34)35)19-11-9-17(10-12-19)15-21-22(25(33)36-5-2)27-29(23(21)30)20-8-6-7-18(16-20)24(31)32/h9-12,15,18,20,26H,4-8,13-14,16H2,1-3H3,(H,31,32)/b21-15-. The van der Waals surface area contributed by atoms with E-state index in [9.17, 15) is 27.9 Å². The van der Waals surface area contributed by atoms with E-state index in [2.05, 4.69) is 9.82 Å². The number of nitrogens with zero attached hydrogens (tertiary/aromatic N) is 3. The number of carboxylic acids is 1. The van der Waals surface area contributed by atoms with Crippen LogP contribution in [0.3, 0.4) is 0 Å². The number of carbonyl (C=O) groups excluding carboxylic acids is 2. The summed E-state index contributed by atoms with van der Waals surface area (Å²) in [5.41, 5.74) is 1.56. The van der Waals surface area contributed by atoms with Crippen molar-refractivity contribution in [1.82, 2.24) is 9.73 Å². The molecule has 0 bridgehead atoms. The number of amides is 1. The van der Waals surface area contributed by atoms with E-state index in [1.54, 1.807) is 25.1 Å². The number of ether oxygens (including phenoxy) is 1. The molecule has 0 aromatic heterocycles. The summed E-state index contributed by atoms with van der Waals surface area (Å²) in [4.78, 5) is 39.5. The van der Waals surface area contributed by atoms with Crippen LogP contribution < -0.4 is 9.62 Å². The predicted octanol–water partition coefficient (Wildman–Crippen LogP) is 1.85. The fourth-order valence-corrected chi connectivity index (χ4v) is 5.02. The number of sulfonamides is 1. The van der Waals surface area contributed by atoms with Crippen molar-refractivity contribution < 1.29 is 32.6 Å². The number of hydrazone groups is 1. The van der Waals surface area contributed by atoms with E-state index >= 15 is 0 Å². The average molecular weight is 535 g/mol. The van der Waals surface area contributed by atoms with Crippen LogP contribution in [0.4, 0.5) is 5.69 Å². The van der Waals surface area contributed by atoms with E-state index in [0.717, 1.165) is 11.9 Å². The largest absolute Gasteiger partial charge is 0.481 e. The number of benzene rings is 1. The third-order valence-corrected chi connectivity index (χ3v) is 7.14. The Bertz CT molecular complexity index is 1180. The summed E-state index contributed by atoms with van der Waals surface area (Å²) >= 11 is 0. The van der Waals surface area contributed by atoms with Crippen LogP contribution in [0.25, 0.3) is 6.08 Å². The summed E-state index contributed by atoms with van der Waals surface area (Å²) in [6.07, 6.45) is 4.80. The maximum absolute atomic E-state index is 13.3. The molecule has 1 aromatic rings. The third-order valence-electron chi connectivity index (χ3n) is 6.41. The van der Waals surface area contributed by atoms with Crippen molar-refractivity contribution in [2.75, 3.05) is 37.4 Å². The van der Waals surface area contributed by atoms with Gasteiger partial charge in [0.25, 0.3) is 5.91 Å². The first kappa shape index (κ1) is 28.3. The topological polar surface area (TPSA) is 146 Å². The Morgan fingerprint density at radius 1 is 1.24 bits per heavy atom. The van der Waals surface area contributed by atoms with Crippen LogP contribution in [0.2, 0.25) is 0 Å². The van der Waals surface area contributed by atoms with E-state index < -0.39 is 39.8 Å². The van der Waals surface area contributed by atoms with E-state index in [0.29, 0.717) is 37.9 Å². The van der Waals surface area contributed by atoms with E-state index in [4.69, 9.17) is 4.74 Å². The highest BCUT2D eigenvalue weighted by Crippen LogP contribution is 2.32. The molecule has 3 rings (SSSR count). The minimum absolute atomic E-state index is 0.0876. The van der Waals surface area contributed by atoms with E-state index in [1.807, 2.05) is 24.0 Å². The first-order valence-corrected chi connectivity index (χ1v) is 14.3. The highest BCUT2D eigenvalue weighted by molar-refractivity contribution is 7.88. The molecule has 1 saturated carbocycles. The zero-order valence-corrected chi connectivity index (χ0v) is 22.2. The maximum atomic E-state index is 13.3. The second-order valence-corrected chi connectivity index (χ2v) is 10.9. The number of rotatable bonds is 11. The Balaban J connectivity index is 1.82. The minimum Gasteiger partial charge on any atom is -0.481 e. The number of hydrogen-bond donors (Lipinski definition) is 2. The maximum Gasteiger partial charge on any atom is 0.359 e. The molecule has 0 radical (unpaired) electrons.